The third kappa shape index (κ3) is 5.10. The molecule has 0 aliphatic carbocycles. The number of carbonyl (C=O) groups is 2. The van der Waals surface area contributed by atoms with Crippen LogP contribution in [0, 0.1) is 0 Å². The average Bonchev–Trinajstić information content (AvgIpc) is 3.27. The monoisotopic (exact) mass is 608 g/mol. The van der Waals surface area contributed by atoms with Crippen LogP contribution >= 0.6 is 0 Å². The van der Waals surface area contributed by atoms with Gasteiger partial charge in [-0.25, -0.2) is 9.13 Å². The quantitative estimate of drug-likeness (QED) is 0.219. The van der Waals surface area contributed by atoms with E-state index in [1.165, 1.54) is 10.0 Å². The van der Waals surface area contributed by atoms with Crippen molar-refractivity contribution in [3.8, 4) is 0 Å². The molecule has 0 aliphatic rings. The van der Waals surface area contributed by atoms with Gasteiger partial charge in [0.25, 0.3) is 24.5 Å². The highest BCUT2D eigenvalue weighted by Gasteiger charge is 2.20. The van der Waals surface area contributed by atoms with Crippen molar-refractivity contribution in [3.05, 3.63) is 72.8 Å². The number of rotatable bonds is 4. The smallest absolute Gasteiger partial charge is 0.288 e. The SMILES string of the molecule is CN(C(=O)c1ccc(C(=O)N(C)n2cc[n+](C)c2)cc1)n1cc[n+](C)c1.[I-].[I-]. The first-order valence-corrected chi connectivity index (χ1v) is 8.10. The van der Waals surface area contributed by atoms with Crippen molar-refractivity contribution in [2.24, 2.45) is 14.1 Å². The molecule has 10 heteroatoms. The highest BCUT2D eigenvalue weighted by atomic mass is 127. The van der Waals surface area contributed by atoms with Gasteiger partial charge in [-0.3, -0.25) is 9.59 Å². The Morgan fingerprint density at radius 2 is 1.07 bits per heavy atom. The molecule has 2 heterocycles. The molecule has 3 rings (SSSR count). The van der Waals surface area contributed by atoms with Gasteiger partial charge in [0.15, 0.2) is 12.4 Å². The fourth-order valence-electron chi connectivity index (χ4n) is 2.57. The number of nitrogens with zero attached hydrogens (tertiary/aromatic N) is 6. The number of hydrogen-bond donors (Lipinski definition) is 0. The van der Waals surface area contributed by atoms with Gasteiger partial charge in [0.05, 0.1) is 28.2 Å². The van der Waals surface area contributed by atoms with Crippen molar-refractivity contribution in [1.82, 2.24) is 9.35 Å². The molecular weight excluding hydrogens is 586 g/mol. The molecule has 3 aromatic rings. The summed E-state index contributed by atoms with van der Waals surface area (Å²) in [5.74, 6) is -0.322. The molecule has 0 unspecified atom stereocenters. The first-order valence-electron chi connectivity index (χ1n) is 8.10. The maximum absolute atomic E-state index is 12.6. The fraction of sp³-hybridized carbons (Fsp3) is 0.222. The van der Waals surface area contributed by atoms with Crippen molar-refractivity contribution in [2.75, 3.05) is 24.1 Å². The van der Waals surface area contributed by atoms with E-state index in [1.54, 1.807) is 72.8 Å². The molecule has 150 valence electrons. The zero-order chi connectivity index (χ0) is 18.8. The van der Waals surface area contributed by atoms with E-state index in [0.29, 0.717) is 11.1 Å². The Hall–Kier alpha value is -1.96. The van der Waals surface area contributed by atoms with Gasteiger partial charge in [-0.1, -0.05) is 0 Å². The summed E-state index contributed by atoms with van der Waals surface area (Å²) in [6.07, 6.45) is 10.9. The van der Waals surface area contributed by atoms with Crippen molar-refractivity contribution in [3.63, 3.8) is 0 Å². The molecule has 0 saturated carbocycles. The third-order valence-electron chi connectivity index (χ3n) is 4.17. The number of halogens is 2. The van der Waals surface area contributed by atoms with Crippen LogP contribution in [0.4, 0.5) is 0 Å². The van der Waals surface area contributed by atoms with Gasteiger partial charge < -0.3 is 48.0 Å². The molecule has 1 aromatic carbocycles. The number of imidazole rings is 2. The molecule has 0 fully saturated rings. The first kappa shape index (κ1) is 24.1. The second-order valence-electron chi connectivity index (χ2n) is 6.15. The molecule has 2 aromatic heterocycles. The molecular formula is C18H22I2N6O2. The molecule has 8 nitrogen and oxygen atoms in total. The Kier molecular flexibility index (Phi) is 8.60. The van der Waals surface area contributed by atoms with Crippen molar-refractivity contribution in [2.45, 2.75) is 0 Å². The topological polar surface area (TPSA) is 58.2 Å². The Morgan fingerprint density at radius 1 is 0.750 bits per heavy atom. The van der Waals surface area contributed by atoms with Crippen LogP contribution in [0.3, 0.4) is 0 Å². The summed E-state index contributed by atoms with van der Waals surface area (Å²) in [6.45, 7) is 0. The molecule has 0 atom stereocenters. The lowest BCUT2D eigenvalue weighted by Gasteiger charge is -2.14. The zero-order valence-corrected chi connectivity index (χ0v) is 20.3. The minimum Gasteiger partial charge on any atom is -1.00 e. The molecule has 0 saturated heterocycles. The van der Waals surface area contributed by atoms with Gasteiger partial charge in [-0.2, -0.15) is 10.0 Å². The normalized spacial score (nSPS) is 9.86. The number of carbonyl (C=O) groups excluding carboxylic acids is 2. The first-order chi connectivity index (χ1) is 12.4. The van der Waals surface area contributed by atoms with E-state index in [9.17, 15) is 9.59 Å². The predicted octanol–water partition coefficient (Wildman–Crippen LogP) is -6.24. The average molecular weight is 608 g/mol. The summed E-state index contributed by atoms with van der Waals surface area (Å²) in [4.78, 5) is 25.2. The van der Waals surface area contributed by atoms with Gasteiger partial charge >= 0.3 is 0 Å². The van der Waals surface area contributed by atoms with Gasteiger partial charge in [0.1, 0.15) is 12.4 Å². The van der Waals surface area contributed by atoms with E-state index in [0.717, 1.165) is 0 Å². The highest BCUT2D eigenvalue weighted by Crippen LogP contribution is 2.09. The third-order valence-corrected chi connectivity index (χ3v) is 4.17. The fourth-order valence-corrected chi connectivity index (χ4v) is 2.57. The van der Waals surface area contributed by atoms with E-state index in [-0.39, 0.29) is 59.8 Å². The number of amides is 2. The second kappa shape index (κ2) is 10.0. The molecule has 28 heavy (non-hydrogen) atoms. The summed E-state index contributed by atoms with van der Waals surface area (Å²) >= 11 is 0. The van der Waals surface area contributed by atoms with Crippen molar-refractivity contribution in [1.29, 1.82) is 0 Å². The van der Waals surface area contributed by atoms with Crippen molar-refractivity contribution >= 4 is 11.8 Å². The Labute approximate surface area is 198 Å². The van der Waals surface area contributed by atoms with Crippen molar-refractivity contribution < 1.29 is 66.7 Å². The molecule has 0 spiro atoms. The van der Waals surface area contributed by atoms with Gasteiger partial charge in [0.2, 0.25) is 0 Å². The van der Waals surface area contributed by atoms with E-state index >= 15 is 0 Å². The lowest BCUT2D eigenvalue weighted by atomic mass is 10.1. The second-order valence-corrected chi connectivity index (χ2v) is 6.15. The van der Waals surface area contributed by atoms with E-state index in [1.807, 2.05) is 35.6 Å². The van der Waals surface area contributed by atoms with Crippen LogP contribution in [0.1, 0.15) is 20.7 Å². The maximum atomic E-state index is 12.6. The van der Waals surface area contributed by atoms with Gasteiger partial charge in [0, 0.05) is 11.1 Å². The van der Waals surface area contributed by atoms with Gasteiger partial charge in [-0.15, -0.1) is 9.35 Å². The molecule has 0 bridgehead atoms. The minimum absolute atomic E-state index is 0. The summed E-state index contributed by atoms with van der Waals surface area (Å²) in [5, 5.41) is 3.01. The van der Waals surface area contributed by atoms with E-state index in [2.05, 4.69) is 0 Å². The summed E-state index contributed by atoms with van der Waals surface area (Å²) in [5.41, 5.74) is 1.02. The standard InChI is InChI=1S/C18H22N6O2.2HI/c1-19-9-11-23(13-19)21(3)17(25)15-5-7-16(8-6-15)18(26)22(4)24-12-10-20(2)14-24;;/h5-14H,1-4H3;2*1H/q+2;;/p-2. The minimum atomic E-state index is -0.161. The molecule has 0 aliphatic heterocycles. The molecule has 2 amide bonds. The van der Waals surface area contributed by atoms with Gasteiger partial charge in [-0.05, 0) is 24.3 Å². The number of benzene rings is 1. The lowest BCUT2D eigenvalue weighted by Crippen LogP contribution is -3.00. The zero-order valence-electron chi connectivity index (χ0n) is 16.0. The Bertz CT molecular complexity index is 874. The maximum Gasteiger partial charge on any atom is 0.288 e. The summed E-state index contributed by atoms with van der Waals surface area (Å²) in [6, 6.07) is 6.66. The predicted molar refractivity (Wildman–Crippen MR) is 94.6 cm³/mol. The van der Waals surface area contributed by atoms with Crippen LogP contribution in [0.15, 0.2) is 61.7 Å². The summed E-state index contributed by atoms with van der Waals surface area (Å²) < 4.78 is 7.09. The van der Waals surface area contributed by atoms with Crippen LogP contribution in [-0.2, 0) is 14.1 Å². The highest BCUT2D eigenvalue weighted by molar-refractivity contribution is 6.04. The Morgan fingerprint density at radius 3 is 1.32 bits per heavy atom. The van der Waals surface area contributed by atoms with Crippen LogP contribution in [-0.4, -0.2) is 35.3 Å². The number of aryl methyl sites for hydroxylation is 2. The van der Waals surface area contributed by atoms with E-state index in [4.69, 9.17) is 0 Å². The van der Waals surface area contributed by atoms with E-state index < -0.39 is 0 Å². The largest absolute Gasteiger partial charge is 1.00 e. The Balaban J connectivity index is 0.00000196. The van der Waals surface area contributed by atoms with Crippen LogP contribution in [0.5, 0.6) is 0 Å². The lowest BCUT2D eigenvalue weighted by molar-refractivity contribution is -0.671. The number of hydrogen-bond acceptors (Lipinski definition) is 2. The molecule has 0 radical (unpaired) electrons. The van der Waals surface area contributed by atoms with Crippen LogP contribution in [0.25, 0.3) is 0 Å². The molecule has 0 N–H and O–H groups in total. The van der Waals surface area contributed by atoms with Crippen LogP contribution in [0.2, 0.25) is 0 Å². The summed E-state index contributed by atoms with van der Waals surface area (Å²) in [7, 11) is 7.16. The van der Waals surface area contributed by atoms with Crippen LogP contribution < -0.4 is 67.1 Å². The number of aromatic nitrogens is 4.